The summed E-state index contributed by atoms with van der Waals surface area (Å²) in [5.74, 6) is -0.0275. The van der Waals surface area contributed by atoms with E-state index < -0.39 is 5.97 Å². The zero-order valence-corrected chi connectivity index (χ0v) is 12.8. The molecule has 1 heterocycles. The van der Waals surface area contributed by atoms with Crippen LogP contribution in [0.2, 0.25) is 0 Å². The molecule has 0 atom stereocenters. The molecule has 1 aromatic heterocycles. The van der Waals surface area contributed by atoms with E-state index in [0.717, 1.165) is 4.47 Å². The van der Waals surface area contributed by atoms with Crippen LogP contribution >= 0.6 is 31.9 Å². The molecular formula is C13H9Br2NO3. The Bertz CT molecular complexity index is 617. The van der Waals surface area contributed by atoms with Gasteiger partial charge in [0.05, 0.1) is 10.9 Å². The number of aromatic nitrogens is 1. The van der Waals surface area contributed by atoms with Crippen molar-refractivity contribution in [3.05, 3.63) is 51.0 Å². The third-order valence-electron chi connectivity index (χ3n) is 2.29. The van der Waals surface area contributed by atoms with Crippen LogP contribution in [0.3, 0.4) is 0 Å². The van der Waals surface area contributed by atoms with E-state index in [1.807, 2.05) is 6.07 Å². The van der Waals surface area contributed by atoms with Crippen LogP contribution in [0.25, 0.3) is 0 Å². The third-order valence-corrected chi connectivity index (χ3v) is 3.30. The minimum atomic E-state index is -0.904. The number of hydrogen-bond acceptors (Lipinski definition) is 3. The average molecular weight is 387 g/mol. The number of hydrogen-bond donors (Lipinski definition) is 1. The second-order valence-electron chi connectivity index (χ2n) is 3.72. The molecule has 1 aromatic carbocycles. The Morgan fingerprint density at radius 3 is 2.74 bits per heavy atom. The maximum atomic E-state index is 10.8. The Morgan fingerprint density at radius 2 is 2.05 bits per heavy atom. The molecular weight excluding hydrogens is 378 g/mol. The highest BCUT2D eigenvalue weighted by Crippen LogP contribution is 2.31. The van der Waals surface area contributed by atoms with E-state index in [9.17, 15) is 4.79 Å². The van der Waals surface area contributed by atoms with E-state index in [-0.39, 0.29) is 6.42 Å². The normalized spacial score (nSPS) is 10.2. The molecule has 0 fully saturated rings. The molecule has 98 valence electrons. The van der Waals surface area contributed by atoms with Gasteiger partial charge in [-0.3, -0.25) is 4.79 Å². The van der Waals surface area contributed by atoms with Gasteiger partial charge in [0.25, 0.3) is 0 Å². The van der Waals surface area contributed by atoms with Gasteiger partial charge < -0.3 is 9.84 Å². The van der Waals surface area contributed by atoms with Crippen LogP contribution in [0.15, 0.2) is 45.5 Å². The van der Waals surface area contributed by atoms with Crippen molar-refractivity contribution < 1.29 is 14.6 Å². The molecule has 2 rings (SSSR count). The van der Waals surface area contributed by atoms with Crippen LogP contribution in [0, 0.1) is 0 Å². The molecule has 4 nitrogen and oxygen atoms in total. The van der Waals surface area contributed by atoms with Crippen LogP contribution in [0.4, 0.5) is 0 Å². The molecule has 2 aromatic rings. The van der Waals surface area contributed by atoms with Crippen LogP contribution < -0.4 is 4.74 Å². The molecule has 0 aliphatic carbocycles. The van der Waals surface area contributed by atoms with E-state index in [4.69, 9.17) is 9.84 Å². The minimum absolute atomic E-state index is 0.0929. The predicted molar refractivity (Wildman–Crippen MR) is 77.5 cm³/mol. The number of benzene rings is 1. The summed E-state index contributed by atoms with van der Waals surface area (Å²) in [5.41, 5.74) is 0.603. The van der Waals surface area contributed by atoms with Crippen molar-refractivity contribution in [3.8, 4) is 11.6 Å². The lowest BCUT2D eigenvalue weighted by molar-refractivity contribution is -0.136. The van der Waals surface area contributed by atoms with E-state index in [1.165, 1.54) is 0 Å². The van der Waals surface area contributed by atoms with Crippen molar-refractivity contribution in [1.29, 1.82) is 0 Å². The van der Waals surface area contributed by atoms with Gasteiger partial charge in [-0.05, 0) is 44.0 Å². The fraction of sp³-hybridized carbons (Fsp3) is 0.0769. The third kappa shape index (κ3) is 3.78. The minimum Gasteiger partial charge on any atom is -0.481 e. The highest BCUT2D eigenvalue weighted by molar-refractivity contribution is 9.11. The number of carbonyl (C=O) groups is 1. The van der Waals surface area contributed by atoms with Crippen LogP contribution in [-0.2, 0) is 11.2 Å². The van der Waals surface area contributed by atoms with E-state index in [0.29, 0.717) is 21.7 Å². The summed E-state index contributed by atoms with van der Waals surface area (Å²) in [5, 5.41) is 8.86. The first-order valence-electron chi connectivity index (χ1n) is 5.35. The molecule has 0 aliphatic rings. The van der Waals surface area contributed by atoms with Gasteiger partial charge in [-0.2, -0.15) is 0 Å². The number of rotatable bonds is 4. The molecule has 6 heteroatoms. The molecule has 0 saturated carbocycles. The summed E-state index contributed by atoms with van der Waals surface area (Å²) in [6.45, 7) is 0. The summed E-state index contributed by atoms with van der Waals surface area (Å²) in [4.78, 5) is 14.9. The number of aliphatic carboxylic acids is 1. The first kappa shape index (κ1) is 14.0. The Kier molecular flexibility index (Phi) is 4.55. The Morgan fingerprint density at radius 1 is 1.32 bits per heavy atom. The van der Waals surface area contributed by atoms with Crippen molar-refractivity contribution in [2.45, 2.75) is 6.42 Å². The monoisotopic (exact) mass is 385 g/mol. The smallest absolute Gasteiger partial charge is 0.307 e. The second-order valence-corrected chi connectivity index (χ2v) is 5.49. The van der Waals surface area contributed by atoms with Gasteiger partial charge >= 0.3 is 5.97 Å². The Hall–Kier alpha value is -1.40. The Balaban J connectivity index is 2.30. The van der Waals surface area contributed by atoms with Gasteiger partial charge in [-0.25, -0.2) is 4.98 Å². The van der Waals surface area contributed by atoms with Gasteiger partial charge in [-0.15, -0.1) is 0 Å². The summed E-state index contributed by atoms with van der Waals surface area (Å²) in [6, 6.07) is 8.80. The average Bonchev–Trinajstić information content (AvgIpc) is 2.34. The van der Waals surface area contributed by atoms with Crippen molar-refractivity contribution >= 4 is 37.8 Å². The van der Waals surface area contributed by atoms with E-state index in [1.54, 1.807) is 30.5 Å². The summed E-state index contributed by atoms with van der Waals surface area (Å²) in [6.07, 6.45) is 1.52. The SMILES string of the molecule is O=C(O)Cc1ccccc1Oc1ncc(Br)cc1Br. The van der Waals surface area contributed by atoms with Crippen molar-refractivity contribution in [2.24, 2.45) is 0 Å². The number of halogens is 2. The van der Waals surface area contributed by atoms with Crippen LogP contribution in [0.1, 0.15) is 5.56 Å². The van der Waals surface area contributed by atoms with Gasteiger partial charge in [0, 0.05) is 16.2 Å². The standard InChI is InChI=1S/C13H9Br2NO3/c14-9-6-10(15)13(16-7-9)19-11-4-2-1-3-8(11)5-12(17)18/h1-4,6-7H,5H2,(H,17,18). The maximum absolute atomic E-state index is 10.8. The second kappa shape index (κ2) is 6.16. The Labute approximate surface area is 126 Å². The number of carboxylic acids is 1. The number of para-hydroxylation sites is 1. The zero-order chi connectivity index (χ0) is 13.8. The molecule has 1 N–H and O–H groups in total. The topological polar surface area (TPSA) is 59.4 Å². The fourth-order valence-corrected chi connectivity index (χ4v) is 2.56. The number of pyridine rings is 1. The molecule has 0 unspecified atom stereocenters. The van der Waals surface area contributed by atoms with E-state index in [2.05, 4.69) is 36.8 Å². The maximum Gasteiger partial charge on any atom is 0.307 e. The molecule has 0 amide bonds. The largest absolute Gasteiger partial charge is 0.481 e. The first-order chi connectivity index (χ1) is 9.06. The molecule has 19 heavy (non-hydrogen) atoms. The molecule has 0 spiro atoms. The fourth-order valence-electron chi connectivity index (χ4n) is 1.49. The lowest BCUT2D eigenvalue weighted by atomic mass is 10.1. The highest BCUT2D eigenvalue weighted by atomic mass is 79.9. The van der Waals surface area contributed by atoms with Crippen LogP contribution in [-0.4, -0.2) is 16.1 Å². The molecule has 0 bridgehead atoms. The van der Waals surface area contributed by atoms with Crippen molar-refractivity contribution in [2.75, 3.05) is 0 Å². The number of ether oxygens (including phenoxy) is 1. The van der Waals surface area contributed by atoms with Gasteiger partial charge in [0.15, 0.2) is 0 Å². The van der Waals surface area contributed by atoms with Gasteiger partial charge in [0.1, 0.15) is 5.75 Å². The molecule has 0 aliphatic heterocycles. The quantitative estimate of drug-likeness (QED) is 0.861. The molecule has 0 saturated heterocycles. The predicted octanol–water partition coefficient (Wildman–Crippen LogP) is 4.03. The molecule has 0 radical (unpaired) electrons. The van der Waals surface area contributed by atoms with Gasteiger partial charge in [-0.1, -0.05) is 18.2 Å². The first-order valence-corrected chi connectivity index (χ1v) is 6.93. The van der Waals surface area contributed by atoms with Crippen molar-refractivity contribution in [1.82, 2.24) is 4.98 Å². The summed E-state index contributed by atoms with van der Waals surface area (Å²) >= 11 is 6.65. The number of nitrogens with zero attached hydrogens (tertiary/aromatic N) is 1. The summed E-state index contributed by atoms with van der Waals surface area (Å²) < 4.78 is 7.17. The van der Waals surface area contributed by atoms with Crippen LogP contribution in [0.5, 0.6) is 11.6 Å². The lowest BCUT2D eigenvalue weighted by Crippen LogP contribution is -2.02. The van der Waals surface area contributed by atoms with E-state index >= 15 is 0 Å². The zero-order valence-electron chi connectivity index (χ0n) is 9.64. The number of carboxylic acid groups (broad SMARTS) is 1. The van der Waals surface area contributed by atoms with Gasteiger partial charge in [0.2, 0.25) is 5.88 Å². The van der Waals surface area contributed by atoms with Crippen molar-refractivity contribution in [3.63, 3.8) is 0 Å². The highest BCUT2D eigenvalue weighted by Gasteiger charge is 2.11. The summed E-state index contributed by atoms with van der Waals surface area (Å²) in [7, 11) is 0. The lowest BCUT2D eigenvalue weighted by Gasteiger charge is -2.10.